The summed E-state index contributed by atoms with van der Waals surface area (Å²) in [6.07, 6.45) is 2.37. The van der Waals surface area contributed by atoms with E-state index in [0.29, 0.717) is 0 Å². The Kier molecular flexibility index (Phi) is 3.14. The summed E-state index contributed by atoms with van der Waals surface area (Å²) in [5.74, 6) is -0.265. The third kappa shape index (κ3) is 2.66. The van der Waals surface area contributed by atoms with Gasteiger partial charge in [0.05, 0.1) is 11.9 Å². The minimum Gasteiger partial charge on any atom is -0.307 e. The number of aryl methyl sites for hydroxylation is 1. The van der Waals surface area contributed by atoms with Crippen LogP contribution in [0.25, 0.3) is 0 Å². The SMILES string of the molecule is Cc1cc(F)ccc1N/N=C\C=N. The first kappa shape index (κ1) is 9.38. The Hall–Kier alpha value is -1.71. The second-order valence-corrected chi connectivity index (χ2v) is 2.52. The molecule has 0 heterocycles. The average molecular weight is 179 g/mol. The molecule has 4 heteroatoms. The fourth-order valence-electron chi connectivity index (χ4n) is 0.897. The molecule has 0 fully saturated rings. The lowest BCUT2D eigenvalue weighted by Crippen LogP contribution is -1.92. The van der Waals surface area contributed by atoms with Gasteiger partial charge >= 0.3 is 0 Å². The van der Waals surface area contributed by atoms with E-state index in [-0.39, 0.29) is 5.82 Å². The van der Waals surface area contributed by atoms with Gasteiger partial charge in [0.15, 0.2) is 0 Å². The zero-order valence-corrected chi connectivity index (χ0v) is 7.21. The van der Waals surface area contributed by atoms with E-state index in [4.69, 9.17) is 5.41 Å². The van der Waals surface area contributed by atoms with E-state index in [2.05, 4.69) is 10.5 Å². The average Bonchev–Trinajstić information content (AvgIpc) is 2.09. The molecule has 1 aromatic rings. The standard InChI is InChI=1S/C9H10FN3/c1-7-6-8(10)2-3-9(7)13-12-5-4-11/h2-6,11,13H,1H3/b11-4?,12-5-. The predicted molar refractivity (Wildman–Crippen MR) is 52.0 cm³/mol. The highest BCUT2D eigenvalue weighted by molar-refractivity contribution is 6.14. The summed E-state index contributed by atoms with van der Waals surface area (Å²) < 4.78 is 12.6. The topological polar surface area (TPSA) is 48.2 Å². The van der Waals surface area contributed by atoms with E-state index in [1.807, 2.05) is 0 Å². The molecule has 0 aliphatic heterocycles. The van der Waals surface area contributed by atoms with Crippen molar-refractivity contribution in [2.75, 3.05) is 5.43 Å². The summed E-state index contributed by atoms with van der Waals surface area (Å²) in [5.41, 5.74) is 4.21. The van der Waals surface area contributed by atoms with E-state index in [9.17, 15) is 4.39 Å². The maximum Gasteiger partial charge on any atom is 0.123 e. The normalized spacial score (nSPS) is 10.3. The predicted octanol–water partition coefficient (Wildman–Crippen LogP) is 2.18. The number of anilines is 1. The molecule has 0 saturated carbocycles. The van der Waals surface area contributed by atoms with Crippen molar-refractivity contribution < 1.29 is 4.39 Å². The van der Waals surface area contributed by atoms with Gasteiger partial charge in [0.25, 0.3) is 0 Å². The lowest BCUT2D eigenvalue weighted by Gasteiger charge is -2.03. The van der Waals surface area contributed by atoms with Crippen LogP contribution >= 0.6 is 0 Å². The second kappa shape index (κ2) is 4.35. The molecule has 0 saturated heterocycles. The zero-order chi connectivity index (χ0) is 9.68. The van der Waals surface area contributed by atoms with Gasteiger partial charge in [0.2, 0.25) is 0 Å². The van der Waals surface area contributed by atoms with Crippen molar-refractivity contribution in [3.05, 3.63) is 29.6 Å². The molecule has 1 aromatic carbocycles. The molecule has 0 unspecified atom stereocenters. The molecule has 0 spiro atoms. The molecule has 2 N–H and O–H groups in total. The summed E-state index contributed by atoms with van der Waals surface area (Å²) >= 11 is 0. The van der Waals surface area contributed by atoms with Gasteiger partial charge in [-0.2, -0.15) is 5.10 Å². The Balaban J connectivity index is 2.77. The van der Waals surface area contributed by atoms with Crippen molar-refractivity contribution in [3.8, 4) is 0 Å². The van der Waals surface area contributed by atoms with Gasteiger partial charge in [-0.25, -0.2) is 4.39 Å². The van der Waals surface area contributed by atoms with Gasteiger partial charge in [-0.05, 0) is 30.7 Å². The molecular weight excluding hydrogens is 169 g/mol. The Morgan fingerprint density at radius 3 is 2.92 bits per heavy atom. The van der Waals surface area contributed by atoms with Gasteiger partial charge in [0.1, 0.15) is 5.82 Å². The first-order valence-corrected chi connectivity index (χ1v) is 3.78. The molecular formula is C9H10FN3. The van der Waals surface area contributed by atoms with Crippen LogP contribution in [0.2, 0.25) is 0 Å². The highest BCUT2D eigenvalue weighted by Gasteiger charge is 1.96. The van der Waals surface area contributed by atoms with Crippen LogP contribution in [0.15, 0.2) is 23.3 Å². The van der Waals surface area contributed by atoms with Crippen LogP contribution in [0.4, 0.5) is 10.1 Å². The van der Waals surface area contributed by atoms with Gasteiger partial charge in [0, 0.05) is 6.21 Å². The molecule has 1 rings (SSSR count). The fourth-order valence-corrected chi connectivity index (χ4v) is 0.897. The number of hydrogen-bond donors (Lipinski definition) is 2. The highest BCUT2D eigenvalue weighted by atomic mass is 19.1. The Bertz CT molecular complexity index is 334. The van der Waals surface area contributed by atoms with Crippen molar-refractivity contribution >= 4 is 18.1 Å². The summed E-state index contributed by atoms with van der Waals surface area (Å²) in [6, 6.07) is 4.38. The molecule has 3 nitrogen and oxygen atoms in total. The molecule has 0 amide bonds. The van der Waals surface area contributed by atoms with E-state index >= 15 is 0 Å². The number of hydrazone groups is 1. The number of halogens is 1. The largest absolute Gasteiger partial charge is 0.307 e. The molecule has 0 aliphatic carbocycles. The third-order valence-corrected chi connectivity index (χ3v) is 1.52. The number of nitrogens with one attached hydrogen (secondary N) is 2. The Labute approximate surface area is 75.8 Å². The van der Waals surface area contributed by atoms with Gasteiger partial charge in [-0.1, -0.05) is 0 Å². The maximum absolute atomic E-state index is 12.6. The lowest BCUT2D eigenvalue weighted by atomic mass is 10.2. The summed E-state index contributed by atoms with van der Waals surface area (Å²) in [5, 5.41) is 10.4. The van der Waals surface area contributed by atoms with Crippen molar-refractivity contribution in [1.29, 1.82) is 5.41 Å². The third-order valence-electron chi connectivity index (χ3n) is 1.52. The van der Waals surface area contributed by atoms with Crippen molar-refractivity contribution in [3.63, 3.8) is 0 Å². The highest BCUT2D eigenvalue weighted by Crippen LogP contribution is 2.14. The maximum atomic E-state index is 12.6. The number of nitrogens with zero attached hydrogens (tertiary/aromatic N) is 1. The monoisotopic (exact) mass is 179 g/mol. The summed E-state index contributed by atoms with van der Waals surface area (Å²) in [6.45, 7) is 1.78. The zero-order valence-electron chi connectivity index (χ0n) is 7.21. The molecule has 0 atom stereocenters. The van der Waals surface area contributed by atoms with Crippen LogP contribution in [-0.2, 0) is 0 Å². The van der Waals surface area contributed by atoms with E-state index < -0.39 is 0 Å². The van der Waals surface area contributed by atoms with E-state index in [1.165, 1.54) is 18.3 Å². The minimum absolute atomic E-state index is 0.265. The van der Waals surface area contributed by atoms with E-state index in [0.717, 1.165) is 17.5 Å². The van der Waals surface area contributed by atoms with Crippen LogP contribution in [0, 0.1) is 18.2 Å². The molecule has 0 radical (unpaired) electrons. The molecule has 0 aromatic heterocycles. The van der Waals surface area contributed by atoms with Crippen LogP contribution in [0.5, 0.6) is 0 Å². The first-order valence-electron chi connectivity index (χ1n) is 3.78. The van der Waals surface area contributed by atoms with Crippen LogP contribution < -0.4 is 5.43 Å². The quantitative estimate of drug-likeness (QED) is 0.542. The van der Waals surface area contributed by atoms with Crippen LogP contribution in [-0.4, -0.2) is 12.4 Å². The van der Waals surface area contributed by atoms with Gasteiger partial charge < -0.3 is 5.41 Å². The van der Waals surface area contributed by atoms with Crippen LogP contribution in [0.3, 0.4) is 0 Å². The number of hydrogen-bond acceptors (Lipinski definition) is 3. The smallest absolute Gasteiger partial charge is 0.123 e. The fraction of sp³-hybridized carbons (Fsp3) is 0.111. The Morgan fingerprint density at radius 1 is 1.54 bits per heavy atom. The molecule has 68 valence electrons. The number of rotatable bonds is 3. The molecule has 13 heavy (non-hydrogen) atoms. The lowest BCUT2D eigenvalue weighted by molar-refractivity contribution is 0.627. The second-order valence-electron chi connectivity index (χ2n) is 2.52. The molecule has 0 bridgehead atoms. The van der Waals surface area contributed by atoms with Crippen LogP contribution in [0.1, 0.15) is 5.56 Å². The van der Waals surface area contributed by atoms with Gasteiger partial charge in [-0.3, -0.25) is 5.43 Å². The summed E-state index contributed by atoms with van der Waals surface area (Å²) in [7, 11) is 0. The van der Waals surface area contributed by atoms with Crippen molar-refractivity contribution in [2.24, 2.45) is 5.10 Å². The van der Waals surface area contributed by atoms with E-state index in [1.54, 1.807) is 13.0 Å². The minimum atomic E-state index is -0.265. The number of benzene rings is 1. The van der Waals surface area contributed by atoms with Gasteiger partial charge in [-0.15, -0.1) is 0 Å². The summed E-state index contributed by atoms with van der Waals surface area (Å²) in [4.78, 5) is 0. The first-order chi connectivity index (χ1) is 6.24. The Morgan fingerprint density at radius 2 is 2.31 bits per heavy atom. The van der Waals surface area contributed by atoms with Crippen molar-refractivity contribution in [2.45, 2.75) is 6.92 Å². The molecule has 0 aliphatic rings. The van der Waals surface area contributed by atoms with Crippen molar-refractivity contribution in [1.82, 2.24) is 0 Å².